The molecular formula is C13H17ClNO. The van der Waals surface area contributed by atoms with Crippen molar-refractivity contribution in [1.29, 1.82) is 0 Å². The fourth-order valence-electron chi connectivity index (χ4n) is 1.98. The summed E-state index contributed by atoms with van der Waals surface area (Å²) < 4.78 is 5.65. The van der Waals surface area contributed by atoms with E-state index in [1.807, 2.05) is 12.1 Å². The molecule has 0 unspecified atom stereocenters. The molecule has 0 aromatic heterocycles. The molecule has 1 aromatic carbocycles. The molecule has 1 aliphatic rings. The molecular weight excluding hydrogens is 222 g/mol. The number of halogens is 1. The summed E-state index contributed by atoms with van der Waals surface area (Å²) in [7, 11) is 0. The largest absolute Gasteiger partial charge is 0.491 e. The molecule has 0 amide bonds. The molecule has 0 bridgehead atoms. The summed E-state index contributed by atoms with van der Waals surface area (Å²) in [5.74, 6) is 0.762. The minimum Gasteiger partial charge on any atom is -0.491 e. The van der Waals surface area contributed by atoms with E-state index in [0.717, 1.165) is 12.3 Å². The second-order valence-electron chi connectivity index (χ2n) is 4.11. The summed E-state index contributed by atoms with van der Waals surface area (Å²) >= 11 is 5.98. The Labute approximate surface area is 102 Å². The molecule has 0 spiro atoms. The zero-order valence-electron chi connectivity index (χ0n) is 9.42. The molecule has 3 heteroatoms. The van der Waals surface area contributed by atoms with Crippen molar-refractivity contribution in [3.8, 4) is 5.75 Å². The topological polar surface area (TPSA) is 12.5 Å². The molecule has 2 nitrogen and oxygen atoms in total. The van der Waals surface area contributed by atoms with Crippen LogP contribution in [0, 0.1) is 6.07 Å². The Bertz CT molecular complexity index is 323. The first kappa shape index (κ1) is 11.7. The highest BCUT2D eigenvalue weighted by Gasteiger charge is 2.09. The second-order valence-corrected chi connectivity index (χ2v) is 4.51. The van der Waals surface area contributed by atoms with E-state index in [-0.39, 0.29) is 0 Å². The summed E-state index contributed by atoms with van der Waals surface area (Å²) in [5.41, 5.74) is 0. The first-order valence-electron chi connectivity index (χ1n) is 5.87. The number of hydrogen-bond donors (Lipinski definition) is 0. The van der Waals surface area contributed by atoms with E-state index in [4.69, 9.17) is 16.3 Å². The summed E-state index contributed by atoms with van der Waals surface area (Å²) in [4.78, 5) is 2.45. The van der Waals surface area contributed by atoms with Crippen molar-refractivity contribution in [1.82, 2.24) is 4.90 Å². The van der Waals surface area contributed by atoms with E-state index in [2.05, 4.69) is 11.0 Å². The van der Waals surface area contributed by atoms with Gasteiger partial charge in [-0.3, -0.25) is 4.90 Å². The lowest BCUT2D eigenvalue weighted by Gasteiger charge is -2.26. The standard InChI is InChI=1S/C13H17ClNO/c14-12-6-2-3-7-13(12)16-11-10-15-8-4-1-5-9-15/h3,6-7H,1,4-5,8-11H2. The molecule has 1 fully saturated rings. The van der Waals surface area contributed by atoms with Crippen molar-refractivity contribution in [2.45, 2.75) is 19.3 Å². The summed E-state index contributed by atoms with van der Waals surface area (Å²) in [6.45, 7) is 4.12. The van der Waals surface area contributed by atoms with E-state index in [9.17, 15) is 0 Å². The van der Waals surface area contributed by atoms with E-state index in [1.165, 1.54) is 32.4 Å². The first-order valence-corrected chi connectivity index (χ1v) is 6.25. The maximum atomic E-state index is 5.98. The Morgan fingerprint density at radius 1 is 1.31 bits per heavy atom. The van der Waals surface area contributed by atoms with E-state index in [1.54, 1.807) is 6.07 Å². The molecule has 87 valence electrons. The Balaban J connectivity index is 1.73. The van der Waals surface area contributed by atoms with E-state index < -0.39 is 0 Å². The van der Waals surface area contributed by atoms with E-state index >= 15 is 0 Å². The minimum atomic E-state index is 0.640. The van der Waals surface area contributed by atoms with Gasteiger partial charge in [0.05, 0.1) is 5.02 Å². The fourth-order valence-corrected chi connectivity index (χ4v) is 2.16. The summed E-state index contributed by atoms with van der Waals surface area (Å²) in [5, 5.41) is 0.640. The Morgan fingerprint density at radius 3 is 2.88 bits per heavy atom. The molecule has 1 aliphatic heterocycles. The Hall–Kier alpha value is -0.730. The quantitative estimate of drug-likeness (QED) is 0.800. The van der Waals surface area contributed by atoms with Gasteiger partial charge in [-0.15, -0.1) is 0 Å². The van der Waals surface area contributed by atoms with Gasteiger partial charge in [-0.1, -0.05) is 24.1 Å². The second kappa shape index (κ2) is 6.12. The zero-order chi connectivity index (χ0) is 11.2. The number of benzene rings is 1. The van der Waals surface area contributed by atoms with Crippen molar-refractivity contribution < 1.29 is 4.74 Å². The molecule has 0 saturated carbocycles. The number of piperidine rings is 1. The van der Waals surface area contributed by atoms with Crippen LogP contribution in [0.2, 0.25) is 5.02 Å². The zero-order valence-corrected chi connectivity index (χ0v) is 10.2. The monoisotopic (exact) mass is 238 g/mol. The summed E-state index contributed by atoms with van der Waals surface area (Å²) in [6.07, 6.45) is 4.01. The average molecular weight is 239 g/mol. The van der Waals surface area contributed by atoms with Crippen LogP contribution in [0.3, 0.4) is 0 Å². The van der Waals surface area contributed by atoms with Crippen molar-refractivity contribution in [3.05, 3.63) is 29.3 Å². The fraction of sp³-hybridized carbons (Fsp3) is 0.538. The van der Waals surface area contributed by atoms with Crippen LogP contribution in [-0.4, -0.2) is 31.1 Å². The summed E-state index contributed by atoms with van der Waals surface area (Å²) in [6, 6.07) is 8.33. The maximum absolute atomic E-state index is 5.98. The van der Waals surface area contributed by atoms with Crippen molar-refractivity contribution in [3.63, 3.8) is 0 Å². The van der Waals surface area contributed by atoms with Crippen LogP contribution in [0.5, 0.6) is 5.75 Å². The lowest BCUT2D eigenvalue weighted by Crippen LogP contribution is -2.33. The lowest BCUT2D eigenvalue weighted by atomic mass is 10.1. The predicted molar refractivity (Wildman–Crippen MR) is 66.1 cm³/mol. The number of hydrogen-bond acceptors (Lipinski definition) is 2. The molecule has 16 heavy (non-hydrogen) atoms. The van der Waals surface area contributed by atoms with Crippen molar-refractivity contribution in [2.24, 2.45) is 0 Å². The highest BCUT2D eigenvalue weighted by molar-refractivity contribution is 6.32. The van der Waals surface area contributed by atoms with Gasteiger partial charge in [-0.25, -0.2) is 0 Å². The molecule has 0 aliphatic carbocycles. The van der Waals surface area contributed by atoms with Crippen LogP contribution in [0.4, 0.5) is 0 Å². The van der Waals surface area contributed by atoms with Gasteiger partial charge < -0.3 is 4.74 Å². The molecule has 0 atom stereocenters. The third-order valence-electron chi connectivity index (χ3n) is 2.89. The van der Waals surface area contributed by atoms with Gasteiger partial charge in [0.2, 0.25) is 0 Å². The van der Waals surface area contributed by atoms with Crippen LogP contribution >= 0.6 is 11.6 Å². The van der Waals surface area contributed by atoms with Crippen LogP contribution in [0.25, 0.3) is 0 Å². The molecule has 2 rings (SSSR count). The Morgan fingerprint density at radius 2 is 2.12 bits per heavy atom. The number of rotatable bonds is 4. The van der Waals surface area contributed by atoms with E-state index in [0.29, 0.717) is 11.6 Å². The Kier molecular flexibility index (Phi) is 4.49. The normalized spacial score (nSPS) is 17.3. The van der Waals surface area contributed by atoms with Gasteiger partial charge >= 0.3 is 0 Å². The number of likely N-dealkylation sites (tertiary alicyclic amines) is 1. The highest BCUT2D eigenvalue weighted by Crippen LogP contribution is 2.22. The molecule has 1 saturated heterocycles. The smallest absolute Gasteiger partial charge is 0.137 e. The van der Waals surface area contributed by atoms with Gasteiger partial charge in [0.1, 0.15) is 12.4 Å². The van der Waals surface area contributed by atoms with Gasteiger partial charge in [-0.05, 0) is 44.1 Å². The molecule has 1 aromatic rings. The molecule has 1 heterocycles. The third kappa shape index (κ3) is 3.39. The van der Waals surface area contributed by atoms with Gasteiger partial charge in [0, 0.05) is 6.54 Å². The highest BCUT2D eigenvalue weighted by atomic mass is 35.5. The van der Waals surface area contributed by atoms with Gasteiger partial charge in [0.25, 0.3) is 0 Å². The molecule has 1 radical (unpaired) electrons. The van der Waals surface area contributed by atoms with Crippen molar-refractivity contribution in [2.75, 3.05) is 26.2 Å². The first-order chi connectivity index (χ1) is 7.86. The van der Waals surface area contributed by atoms with Gasteiger partial charge in [0.15, 0.2) is 0 Å². The number of ether oxygens (including phenoxy) is 1. The lowest BCUT2D eigenvalue weighted by molar-refractivity contribution is 0.183. The minimum absolute atomic E-state index is 0.640. The van der Waals surface area contributed by atoms with Crippen LogP contribution in [-0.2, 0) is 0 Å². The SMILES string of the molecule is Clc1c[c]ccc1OCCN1CCCCC1. The predicted octanol–water partition coefficient (Wildman–Crippen LogP) is 3.00. The molecule has 0 N–H and O–H groups in total. The maximum Gasteiger partial charge on any atom is 0.137 e. The number of nitrogens with zero attached hydrogens (tertiary/aromatic N) is 1. The van der Waals surface area contributed by atoms with Gasteiger partial charge in [-0.2, -0.15) is 0 Å². The van der Waals surface area contributed by atoms with Crippen LogP contribution < -0.4 is 4.74 Å². The third-order valence-corrected chi connectivity index (χ3v) is 3.19. The van der Waals surface area contributed by atoms with Crippen molar-refractivity contribution >= 4 is 11.6 Å². The average Bonchev–Trinajstić information content (AvgIpc) is 2.33. The van der Waals surface area contributed by atoms with Crippen LogP contribution in [0.1, 0.15) is 19.3 Å². The van der Waals surface area contributed by atoms with Crippen LogP contribution in [0.15, 0.2) is 18.2 Å².